The predicted octanol–water partition coefficient (Wildman–Crippen LogP) is 4.63. The van der Waals surface area contributed by atoms with E-state index in [9.17, 15) is 4.39 Å². The Hall–Kier alpha value is -2.03. The first kappa shape index (κ1) is 13.9. The third-order valence-electron chi connectivity index (χ3n) is 4.19. The van der Waals surface area contributed by atoms with Crippen LogP contribution in [0.25, 0.3) is 0 Å². The Labute approximate surface area is 125 Å². The molecule has 3 heteroatoms. The van der Waals surface area contributed by atoms with Gasteiger partial charge in [0.05, 0.1) is 13.2 Å². The van der Waals surface area contributed by atoms with E-state index in [1.165, 1.54) is 17.2 Å². The summed E-state index contributed by atoms with van der Waals surface area (Å²) in [5.74, 6) is 0.699. The highest BCUT2D eigenvalue weighted by Gasteiger charge is 2.21. The van der Waals surface area contributed by atoms with Gasteiger partial charge in [-0.15, -0.1) is 0 Å². The van der Waals surface area contributed by atoms with Crippen LogP contribution in [-0.2, 0) is 6.42 Å². The Morgan fingerprint density at radius 2 is 2.05 bits per heavy atom. The molecule has 2 nitrogen and oxygen atoms in total. The summed E-state index contributed by atoms with van der Waals surface area (Å²) in [4.78, 5) is 0. The van der Waals surface area contributed by atoms with Gasteiger partial charge in [0.1, 0.15) is 11.6 Å². The van der Waals surface area contributed by atoms with E-state index in [0.717, 1.165) is 36.3 Å². The second kappa shape index (κ2) is 5.76. The Balaban J connectivity index is 1.90. The molecular formula is C18H20FNO. The summed E-state index contributed by atoms with van der Waals surface area (Å²) in [5.41, 5.74) is 4.57. The molecule has 0 aliphatic heterocycles. The summed E-state index contributed by atoms with van der Waals surface area (Å²) < 4.78 is 18.7. The van der Waals surface area contributed by atoms with Gasteiger partial charge < -0.3 is 10.1 Å². The van der Waals surface area contributed by atoms with Gasteiger partial charge in [-0.3, -0.25) is 0 Å². The van der Waals surface area contributed by atoms with Gasteiger partial charge in [0, 0.05) is 5.69 Å². The van der Waals surface area contributed by atoms with Crippen LogP contribution in [-0.4, -0.2) is 7.11 Å². The largest absolute Gasteiger partial charge is 0.497 e. The van der Waals surface area contributed by atoms with Crippen LogP contribution in [0.15, 0.2) is 36.4 Å². The van der Waals surface area contributed by atoms with E-state index in [1.807, 2.05) is 19.1 Å². The molecule has 110 valence electrons. The quantitative estimate of drug-likeness (QED) is 0.887. The molecule has 1 N–H and O–H groups in total. The molecule has 0 saturated heterocycles. The van der Waals surface area contributed by atoms with Crippen molar-refractivity contribution in [2.75, 3.05) is 12.4 Å². The summed E-state index contributed by atoms with van der Waals surface area (Å²) in [6, 6.07) is 11.4. The van der Waals surface area contributed by atoms with Crippen molar-refractivity contribution in [1.82, 2.24) is 0 Å². The zero-order valence-electron chi connectivity index (χ0n) is 12.4. The molecule has 0 heterocycles. The fraction of sp³-hybridized carbons (Fsp3) is 0.333. The van der Waals surface area contributed by atoms with Crippen LogP contribution in [0, 0.1) is 12.7 Å². The second-order valence-corrected chi connectivity index (χ2v) is 5.61. The van der Waals surface area contributed by atoms with Crippen molar-refractivity contribution in [3.05, 3.63) is 58.9 Å². The van der Waals surface area contributed by atoms with Gasteiger partial charge in [0.25, 0.3) is 0 Å². The van der Waals surface area contributed by atoms with Gasteiger partial charge in [-0.05, 0) is 67.1 Å². The lowest BCUT2D eigenvalue weighted by atomic mass is 9.87. The van der Waals surface area contributed by atoms with Crippen molar-refractivity contribution in [2.45, 2.75) is 32.2 Å². The van der Waals surface area contributed by atoms with Crippen LogP contribution in [0.5, 0.6) is 5.75 Å². The normalized spacial score (nSPS) is 17.2. The van der Waals surface area contributed by atoms with Gasteiger partial charge >= 0.3 is 0 Å². The summed E-state index contributed by atoms with van der Waals surface area (Å²) in [6.45, 7) is 2.00. The van der Waals surface area contributed by atoms with Gasteiger partial charge in [-0.25, -0.2) is 4.39 Å². The SMILES string of the molecule is COc1ccc2c(c1)CCCC2Nc1cc(F)ccc1C. The van der Waals surface area contributed by atoms with Crippen molar-refractivity contribution < 1.29 is 9.13 Å². The van der Waals surface area contributed by atoms with Crippen molar-refractivity contribution in [3.63, 3.8) is 0 Å². The first-order chi connectivity index (χ1) is 10.2. The Kier molecular flexibility index (Phi) is 3.82. The zero-order chi connectivity index (χ0) is 14.8. The zero-order valence-corrected chi connectivity index (χ0v) is 12.4. The fourth-order valence-electron chi connectivity index (χ4n) is 3.01. The number of benzene rings is 2. The first-order valence-electron chi connectivity index (χ1n) is 7.37. The molecule has 0 saturated carbocycles. The Morgan fingerprint density at radius 1 is 1.19 bits per heavy atom. The summed E-state index contributed by atoms with van der Waals surface area (Å²) in [6.07, 6.45) is 3.27. The third-order valence-corrected chi connectivity index (χ3v) is 4.19. The summed E-state index contributed by atoms with van der Waals surface area (Å²) >= 11 is 0. The van der Waals surface area contributed by atoms with Crippen LogP contribution < -0.4 is 10.1 Å². The number of hydrogen-bond donors (Lipinski definition) is 1. The minimum atomic E-state index is -0.200. The van der Waals surface area contributed by atoms with Gasteiger partial charge in [-0.2, -0.15) is 0 Å². The van der Waals surface area contributed by atoms with Crippen LogP contribution >= 0.6 is 0 Å². The van der Waals surface area contributed by atoms with Gasteiger partial charge in [-0.1, -0.05) is 12.1 Å². The number of nitrogens with one attached hydrogen (secondary N) is 1. The van der Waals surface area contributed by atoms with E-state index in [2.05, 4.69) is 17.4 Å². The molecule has 1 aliphatic rings. The van der Waals surface area contributed by atoms with Crippen LogP contribution in [0.3, 0.4) is 0 Å². The molecule has 0 radical (unpaired) electrons. The van der Waals surface area contributed by atoms with E-state index in [0.29, 0.717) is 0 Å². The molecule has 0 amide bonds. The Bertz CT molecular complexity index is 654. The highest BCUT2D eigenvalue weighted by atomic mass is 19.1. The molecule has 2 aromatic rings. The second-order valence-electron chi connectivity index (χ2n) is 5.61. The summed E-state index contributed by atoms with van der Waals surface area (Å²) in [5, 5.41) is 3.50. The van der Waals surface area contributed by atoms with Crippen LogP contribution in [0.1, 0.15) is 35.6 Å². The lowest BCUT2D eigenvalue weighted by Crippen LogP contribution is -2.18. The maximum Gasteiger partial charge on any atom is 0.125 e. The molecule has 1 atom stereocenters. The smallest absolute Gasteiger partial charge is 0.125 e. The van der Waals surface area contributed by atoms with Crippen molar-refractivity contribution >= 4 is 5.69 Å². The van der Waals surface area contributed by atoms with Crippen molar-refractivity contribution in [3.8, 4) is 5.75 Å². The first-order valence-corrected chi connectivity index (χ1v) is 7.37. The molecule has 0 bridgehead atoms. The van der Waals surface area contributed by atoms with E-state index >= 15 is 0 Å². The van der Waals surface area contributed by atoms with Crippen LogP contribution in [0.2, 0.25) is 0 Å². The molecule has 0 fully saturated rings. The van der Waals surface area contributed by atoms with Crippen LogP contribution in [0.4, 0.5) is 10.1 Å². The van der Waals surface area contributed by atoms with Gasteiger partial charge in [0.15, 0.2) is 0 Å². The lowest BCUT2D eigenvalue weighted by Gasteiger charge is -2.28. The number of ether oxygens (including phenoxy) is 1. The molecule has 21 heavy (non-hydrogen) atoms. The van der Waals surface area contributed by atoms with E-state index in [1.54, 1.807) is 13.2 Å². The van der Waals surface area contributed by atoms with E-state index in [-0.39, 0.29) is 11.9 Å². The fourth-order valence-corrected chi connectivity index (χ4v) is 3.01. The number of hydrogen-bond acceptors (Lipinski definition) is 2. The average Bonchev–Trinajstić information content (AvgIpc) is 2.50. The van der Waals surface area contributed by atoms with Crippen molar-refractivity contribution in [2.24, 2.45) is 0 Å². The Morgan fingerprint density at radius 3 is 2.86 bits per heavy atom. The minimum Gasteiger partial charge on any atom is -0.497 e. The molecular weight excluding hydrogens is 265 g/mol. The number of halogens is 1. The maximum absolute atomic E-state index is 13.4. The minimum absolute atomic E-state index is 0.200. The van der Waals surface area contributed by atoms with E-state index in [4.69, 9.17) is 4.74 Å². The maximum atomic E-state index is 13.4. The number of methoxy groups -OCH3 is 1. The summed E-state index contributed by atoms with van der Waals surface area (Å²) in [7, 11) is 1.69. The molecule has 0 spiro atoms. The standard InChI is InChI=1S/C18H20FNO/c1-12-6-7-14(19)11-18(12)20-17-5-3-4-13-10-15(21-2)8-9-16(13)17/h6-11,17,20H,3-5H2,1-2H3. The predicted molar refractivity (Wildman–Crippen MR) is 83.4 cm³/mol. The number of aryl methyl sites for hydroxylation is 2. The third kappa shape index (κ3) is 2.87. The highest BCUT2D eigenvalue weighted by Crippen LogP contribution is 2.35. The highest BCUT2D eigenvalue weighted by molar-refractivity contribution is 5.53. The molecule has 2 aromatic carbocycles. The van der Waals surface area contributed by atoms with Gasteiger partial charge in [0.2, 0.25) is 0 Å². The number of anilines is 1. The van der Waals surface area contributed by atoms with E-state index < -0.39 is 0 Å². The number of fused-ring (bicyclic) bond motifs is 1. The molecule has 3 rings (SSSR count). The number of rotatable bonds is 3. The monoisotopic (exact) mass is 285 g/mol. The topological polar surface area (TPSA) is 21.3 Å². The molecule has 1 aliphatic carbocycles. The molecule has 1 unspecified atom stereocenters. The van der Waals surface area contributed by atoms with Crippen molar-refractivity contribution in [1.29, 1.82) is 0 Å². The lowest BCUT2D eigenvalue weighted by molar-refractivity contribution is 0.413. The average molecular weight is 285 g/mol. The molecule has 0 aromatic heterocycles.